The van der Waals surface area contributed by atoms with E-state index in [1.807, 2.05) is 24.3 Å². The predicted octanol–water partition coefficient (Wildman–Crippen LogP) is 1.84. The highest BCUT2D eigenvalue weighted by Gasteiger charge is 2.27. The summed E-state index contributed by atoms with van der Waals surface area (Å²) in [6.07, 6.45) is 5.17. The normalized spacial score (nSPS) is 19.0. The lowest BCUT2D eigenvalue weighted by molar-refractivity contribution is -0.121. The van der Waals surface area contributed by atoms with E-state index in [-0.39, 0.29) is 18.2 Å². The molecule has 0 spiro atoms. The highest BCUT2D eigenvalue weighted by Crippen LogP contribution is 2.27. The number of carbonyl (C=O) groups is 1. The molecule has 1 aromatic rings. The number of benzene rings is 1. The van der Waals surface area contributed by atoms with Gasteiger partial charge in [-0.2, -0.15) is 4.31 Å². The lowest BCUT2D eigenvalue weighted by Crippen LogP contribution is -2.50. The number of nitrogens with one attached hydrogen (secondary N) is 1. The molecular weight excluding hydrogens is 378 g/mol. The van der Waals surface area contributed by atoms with E-state index < -0.39 is 10.0 Å². The summed E-state index contributed by atoms with van der Waals surface area (Å²) in [6, 6.07) is 7.80. The molecular formula is C20H31N3O4S. The molecule has 1 aliphatic carbocycles. The van der Waals surface area contributed by atoms with Gasteiger partial charge in [0.1, 0.15) is 5.75 Å². The molecule has 8 heteroatoms. The summed E-state index contributed by atoms with van der Waals surface area (Å²) in [6.45, 7) is 2.42. The second kappa shape index (κ2) is 9.60. The van der Waals surface area contributed by atoms with Crippen LogP contribution >= 0.6 is 0 Å². The van der Waals surface area contributed by atoms with Gasteiger partial charge in [0.15, 0.2) is 0 Å². The van der Waals surface area contributed by atoms with E-state index in [9.17, 15) is 13.2 Å². The van der Waals surface area contributed by atoms with Crippen molar-refractivity contribution in [3.8, 4) is 5.75 Å². The molecule has 0 aromatic heterocycles. The number of carbonyl (C=O) groups excluding carboxylic acids is 1. The molecule has 3 rings (SSSR count). The molecule has 1 N–H and O–H groups in total. The fourth-order valence-electron chi connectivity index (χ4n) is 4.01. The minimum atomic E-state index is -3.35. The number of nitrogens with zero attached hydrogens (tertiary/aromatic N) is 2. The second-order valence-corrected chi connectivity index (χ2v) is 9.69. The molecule has 0 atom stereocenters. The van der Waals surface area contributed by atoms with Crippen molar-refractivity contribution in [3.05, 3.63) is 24.3 Å². The van der Waals surface area contributed by atoms with Crippen LogP contribution < -0.4 is 15.0 Å². The summed E-state index contributed by atoms with van der Waals surface area (Å²) in [5.74, 6) is 1.22. The number of methoxy groups -OCH3 is 1. The molecule has 2 aliphatic rings. The van der Waals surface area contributed by atoms with Gasteiger partial charge in [-0.3, -0.25) is 4.79 Å². The van der Waals surface area contributed by atoms with Gasteiger partial charge in [0, 0.05) is 44.8 Å². The topological polar surface area (TPSA) is 79.0 Å². The Morgan fingerprint density at radius 3 is 2.36 bits per heavy atom. The van der Waals surface area contributed by atoms with Gasteiger partial charge in [-0.1, -0.05) is 12.8 Å². The molecule has 156 valence electrons. The van der Waals surface area contributed by atoms with Crippen molar-refractivity contribution in [1.29, 1.82) is 0 Å². The zero-order valence-electron chi connectivity index (χ0n) is 16.6. The van der Waals surface area contributed by atoms with Gasteiger partial charge >= 0.3 is 0 Å². The van der Waals surface area contributed by atoms with Crippen molar-refractivity contribution in [3.63, 3.8) is 0 Å². The van der Waals surface area contributed by atoms with Crippen molar-refractivity contribution in [1.82, 2.24) is 9.62 Å². The largest absolute Gasteiger partial charge is 0.497 e. The Kier molecular flexibility index (Phi) is 7.18. The molecule has 1 saturated carbocycles. The van der Waals surface area contributed by atoms with Crippen LogP contribution in [0.25, 0.3) is 0 Å². The molecule has 28 heavy (non-hydrogen) atoms. The third kappa shape index (κ3) is 5.61. The predicted molar refractivity (Wildman–Crippen MR) is 110 cm³/mol. The number of rotatable bonds is 8. The van der Waals surface area contributed by atoms with Crippen LogP contribution in [0.15, 0.2) is 24.3 Å². The maximum atomic E-state index is 12.6. The van der Waals surface area contributed by atoms with Crippen molar-refractivity contribution < 1.29 is 17.9 Å². The maximum absolute atomic E-state index is 12.6. The fraction of sp³-hybridized carbons (Fsp3) is 0.650. The standard InChI is InChI=1S/C20H31N3O4S/c1-27-19-8-6-18(7-9-19)22-11-13-23(14-12-22)28(25,26)15-10-21-20(24)16-17-4-2-3-5-17/h6-9,17H,2-5,10-16H2,1H3,(H,21,24). The minimum Gasteiger partial charge on any atom is -0.497 e. The fourth-order valence-corrected chi connectivity index (χ4v) is 5.35. The van der Waals surface area contributed by atoms with Crippen molar-refractivity contribution in [2.75, 3.05) is 50.5 Å². The summed E-state index contributed by atoms with van der Waals surface area (Å²) in [5.41, 5.74) is 1.07. The Balaban J connectivity index is 1.41. The van der Waals surface area contributed by atoms with Gasteiger partial charge in [0.05, 0.1) is 12.9 Å². The minimum absolute atomic E-state index is 0.0218. The number of amides is 1. The van der Waals surface area contributed by atoms with Gasteiger partial charge in [-0.05, 0) is 43.0 Å². The molecule has 0 radical (unpaired) electrons. The van der Waals surface area contributed by atoms with Crippen LogP contribution in [0, 0.1) is 5.92 Å². The average Bonchev–Trinajstić information content (AvgIpc) is 3.21. The third-order valence-corrected chi connectivity index (χ3v) is 7.57. The van der Waals surface area contributed by atoms with E-state index in [0.717, 1.165) is 24.3 Å². The molecule has 1 amide bonds. The third-order valence-electron chi connectivity index (χ3n) is 5.70. The van der Waals surface area contributed by atoms with Crippen LogP contribution in [-0.4, -0.2) is 64.2 Å². The van der Waals surface area contributed by atoms with Crippen LogP contribution in [0.1, 0.15) is 32.1 Å². The van der Waals surface area contributed by atoms with Crippen molar-refractivity contribution in [2.45, 2.75) is 32.1 Å². The van der Waals surface area contributed by atoms with E-state index in [4.69, 9.17) is 4.74 Å². The zero-order valence-corrected chi connectivity index (χ0v) is 17.4. The number of anilines is 1. The number of ether oxygens (including phenoxy) is 1. The Labute approximate surface area is 168 Å². The molecule has 1 aromatic carbocycles. The average molecular weight is 410 g/mol. The summed E-state index contributed by atoms with van der Waals surface area (Å²) in [7, 11) is -1.72. The van der Waals surface area contributed by atoms with Crippen LogP contribution in [0.3, 0.4) is 0 Å². The highest BCUT2D eigenvalue weighted by atomic mass is 32.2. The first-order chi connectivity index (χ1) is 13.5. The van der Waals surface area contributed by atoms with Crippen molar-refractivity contribution in [2.24, 2.45) is 5.92 Å². The first-order valence-corrected chi connectivity index (χ1v) is 11.7. The van der Waals surface area contributed by atoms with Crippen LogP contribution in [-0.2, 0) is 14.8 Å². The maximum Gasteiger partial charge on any atom is 0.220 e. The number of hydrogen-bond acceptors (Lipinski definition) is 5. The Morgan fingerprint density at radius 1 is 1.11 bits per heavy atom. The van der Waals surface area contributed by atoms with E-state index in [1.165, 1.54) is 17.1 Å². The smallest absolute Gasteiger partial charge is 0.220 e. The van der Waals surface area contributed by atoms with Gasteiger partial charge in [-0.15, -0.1) is 0 Å². The lowest BCUT2D eigenvalue weighted by atomic mass is 10.0. The monoisotopic (exact) mass is 409 g/mol. The first kappa shape index (κ1) is 20.9. The molecule has 0 bridgehead atoms. The van der Waals surface area contributed by atoms with E-state index >= 15 is 0 Å². The summed E-state index contributed by atoms with van der Waals surface area (Å²) >= 11 is 0. The summed E-state index contributed by atoms with van der Waals surface area (Å²) in [5, 5.41) is 2.78. The molecule has 2 fully saturated rings. The summed E-state index contributed by atoms with van der Waals surface area (Å²) < 4.78 is 31.9. The summed E-state index contributed by atoms with van der Waals surface area (Å²) in [4.78, 5) is 14.1. The Bertz CT molecular complexity index is 737. The Morgan fingerprint density at radius 2 is 1.75 bits per heavy atom. The zero-order chi connectivity index (χ0) is 20.0. The van der Waals surface area contributed by atoms with Gasteiger partial charge in [-0.25, -0.2) is 8.42 Å². The quantitative estimate of drug-likeness (QED) is 0.709. The molecule has 0 unspecified atom stereocenters. The van der Waals surface area contributed by atoms with Gasteiger partial charge in [0.25, 0.3) is 0 Å². The van der Waals surface area contributed by atoms with Gasteiger partial charge < -0.3 is 15.0 Å². The van der Waals surface area contributed by atoms with Gasteiger partial charge in [0.2, 0.25) is 15.9 Å². The van der Waals surface area contributed by atoms with E-state index in [1.54, 1.807) is 7.11 Å². The molecule has 1 heterocycles. The Hall–Kier alpha value is -1.80. The highest BCUT2D eigenvalue weighted by molar-refractivity contribution is 7.89. The first-order valence-electron chi connectivity index (χ1n) is 10.1. The number of hydrogen-bond donors (Lipinski definition) is 1. The van der Waals surface area contributed by atoms with Crippen molar-refractivity contribution >= 4 is 21.6 Å². The number of piperazine rings is 1. The second-order valence-electron chi connectivity index (χ2n) is 7.60. The molecule has 1 aliphatic heterocycles. The molecule has 1 saturated heterocycles. The lowest BCUT2D eigenvalue weighted by Gasteiger charge is -2.35. The molecule has 7 nitrogen and oxygen atoms in total. The SMILES string of the molecule is COc1ccc(N2CCN(S(=O)(=O)CCNC(=O)CC3CCCC3)CC2)cc1. The van der Waals surface area contributed by atoms with Crippen LogP contribution in [0.5, 0.6) is 5.75 Å². The number of sulfonamides is 1. The van der Waals surface area contributed by atoms with Crippen LogP contribution in [0.2, 0.25) is 0 Å². The van der Waals surface area contributed by atoms with E-state index in [0.29, 0.717) is 38.5 Å². The van der Waals surface area contributed by atoms with E-state index in [2.05, 4.69) is 10.2 Å². The van der Waals surface area contributed by atoms with Crippen LogP contribution in [0.4, 0.5) is 5.69 Å².